The fourth-order valence-corrected chi connectivity index (χ4v) is 1.08. The van der Waals surface area contributed by atoms with Crippen molar-refractivity contribution >= 4 is 17.6 Å². The normalized spacial score (nSPS) is 11.2. The van der Waals surface area contributed by atoms with Crippen LogP contribution in [-0.2, 0) is 15.5 Å². The van der Waals surface area contributed by atoms with Crippen molar-refractivity contribution in [2.75, 3.05) is 6.61 Å². The summed E-state index contributed by atoms with van der Waals surface area (Å²) in [6, 6.07) is 2.15. The van der Waals surface area contributed by atoms with Gasteiger partial charge in [0, 0.05) is 18.7 Å². The monoisotopic (exact) mass is 235 g/mol. The Morgan fingerprint density at radius 1 is 1.67 bits per heavy atom. The second-order valence-electron chi connectivity index (χ2n) is 2.85. The zero-order valence-electron chi connectivity index (χ0n) is 7.84. The first-order valence-electron chi connectivity index (χ1n) is 4.05. The molecule has 0 atom stereocenters. The maximum absolute atomic E-state index is 13.3. The number of alkyl halides is 2. The Morgan fingerprint density at radius 2 is 2.33 bits per heavy atom. The van der Waals surface area contributed by atoms with E-state index in [0.717, 1.165) is 19.1 Å². The van der Waals surface area contributed by atoms with Crippen molar-refractivity contribution in [1.29, 1.82) is 0 Å². The number of pyridine rings is 1. The Balaban J connectivity index is 2.80. The summed E-state index contributed by atoms with van der Waals surface area (Å²) in [5.41, 5.74) is -0.330. The van der Waals surface area contributed by atoms with Crippen LogP contribution >= 0.6 is 11.6 Å². The van der Waals surface area contributed by atoms with Crippen LogP contribution in [0.3, 0.4) is 0 Å². The zero-order chi connectivity index (χ0) is 11.5. The summed E-state index contributed by atoms with van der Waals surface area (Å²) >= 11 is 5.46. The smallest absolute Gasteiger partial charge is 0.306 e. The first-order valence-corrected chi connectivity index (χ1v) is 4.43. The average molecular weight is 236 g/mol. The molecular formula is C9H8ClF2NO2. The summed E-state index contributed by atoms with van der Waals surface area (Å²) in [4.78, 5) is 14.0. The minimum Gasteiger partial charge on any atom is -0.459 e. The number of rotatable bonds is 3. The van der Waals surface area contributed by atoms with Crippen molar-refractivity contribution in [3.63, 3.8) is 0 Å². The molecule has 0 aliphatic rings. The first-order chi connectivity index (χ1) is 6.92. The van der Waals surface area contributed by atoms with Gasteiger partial charge in [0.05, 0.1) is 0 Å². The van der Waals surface area contributed by atoms with Gasteiger partial charge in [0.15, 0.2) is 6.61 Å². The van der Waals surface area contributed by atoms with Gasteiger partial charge >= 0.3 is 11.9 Å². The Bertz CT molecular complexity index is 371. The van der Waals surface area contributed by atoms with Gasteiger partial charge in [0.1, 0.15) is 5.15 Å². The second kappa shape index (κ2) is 4.53. The van der Waals surface area contributed by atoms with E-state index < -0.39 is 18.5 Å². The third-order valence-corrected chi connectivity index (χ3v) is 1.81. The van der Waals surface area contributed by atoms with Gasteiger partial charge in [-0.3, -0.25) is 4.79 Å². The summed E-state index contributed by atoms with van der Waals surface area (Å²) in [6.07, 6.45) is 1.17. The van der Waals surface area contributed by atoms with Gasteiger partial charge in [0.2, 0.25) is 0 Å². The minimum absolute atomic E-state index is 0.0324. The number of carbonyl (C=O) groups excluding carboxylic acids is 1. The standard InChI is InChI=1S/C9H8ClF2NO2/c1-6(14)15-5-9(11,12)7-2-3-13-8(10)4-7/h2-4H,5H2,1H3. The average Bonchev–Trinajstić information content (AvgIpc) is 2.15. The number of hydrogen-bond acceptors (Lipinski definition) is 3. The largest absolute Gasteiger partial charge is 0.459 e. The third kappa shape index (κ3) is 3.43. The van der Waals surface area contributed by atoms with Gasteiger partial charge in [0.25, 0.3) is 0 Å². The molecule has 82 valence electrons. The van der Waals surface area contributed by atoms with Gasteiger partial charge in [-0.2, -0.15) is 8.78 Å². The molecule has 1 heterocycles. The number of esters is 1. The van der Waals surface area contributed by atoms with Crippen molar-refractivity contribution < 1.29 is 18.3 Å². The van der Waals surface area contributed by atoms with Crippen LogP contribution in [0.1, 0.15) is 12.5 Å². The first kappa shape index (κ1) is 11.8. The van der Waals surface area contributed by atoms with Crippen molar-refractivity contribution in [2.24, 2.45) is 0 Å². The predicted octanol–water partition coefficient (Wildman–Crippen LogP) is 2.39. The number of ether oxygens (including phenoxy) is 1. The van der Waals surface area contributed by atoms with E-state index in [-0.39, 0.29) is 10.7 Å². The van der Waals surface area contributed by atoms with Crippen LogP contribution in [0, 0.1) is 0 Å². The number of aromatic nitrogens is 1. The van der Waals surface area contributed by atoms with E-state index in [0.29, 0.717) is 0 Å². The maximum atomic E-state index is 13.3. The van der Waals surface area contributed by atoms with Crippen LogP contribution in [0.4, 0.5) is 8.78 Å². The van der Waals surface area contributed by atoms with E-state index in [1.807, 2.05) is 0 Å². The van der Waals surface area contributed by atoms with Crippen molar-refractivity contribution in [3.8, 4) is 0 Å². The van der Waals surface area contributed by atoms with Crippen LogP contribution in [0.2, 0.25) is 5.15 Å². The summed E-state index contributed by atoms with van der Waals surface area (Å²) in [6.45, 7) is 0.0677. The third-order valence-electron chi connectivity index (χ3n) is 1.61. The van der Waals surface area contributed by atoms with Crippen LogP contribution < -0.4 is 0 Å². The molecule has 3 nitrogen and oxygen atoms in total. The van der Waals surface area contributed by atoms with Crippen molar-refractivity contribution in [1.82, 2.24) is 4.98 Å². The van der Waals surface area contributed by atoms with E-state index >= 15 is 0 Å². The molecule has 0 radical (unpaired) electrons. The van der Waals surface area contributed by atoms with Gasteiger partial charge in [-0.15, -0.1) is 0 Å². The second-order valence-corrected chi connectivity index (χ2v) is 3.24. The van der Waals surface area contributed by atoms with E-state index in [4.69, 9.17) is 11.6 Å². The zero-order valence-corrected chi connectivity index (χ0v) is 8.59. The number of nitrogens with zero attached hydrogens (tertiary/aromatic N) is 1. The fraction of sp³-hybridized carbons (Fsp3) is 0.333. The highest BCUT2D eigenvalue weighted by Crippen LogP contribution is 2.29. The molecule has 1 aromatic heterocycles. The number of carbonyl (C=O) groups is 1. The van der Waals surface area contributed by atoms with Crippen LogP contribution in [0.25, 0.3) is 0 Å². The lowest BCUT2D eigenvalue weighted by molar-refractivity contribution is -0.153. The Morgan fingerprint density at radius 3 is 2.87 bits per heavy atom. The molecule has 0 unspecified atom stereocenters. The molecule has 15 heavy (non-hydrogen) atoms. The van der Waals surface area contributed by atoms with E-state index in [1.165, 1.54) is 6.20 Å². The lowest BCUT2D eigenvalue weighted by Crippen LogP contribution is -2.22. The molecule has 0 amide bonds. The molecule has 0 fully saturated rings. The Kier molecular flexibility index (Phi) is 3.57. The van der Waals surface area contributed by atoms with Crippen LogP contribution in [0.5, 0.6) is 0 Å². The minimum atomic E-state index is -3.25. The Labute approximate surface area is 90.0 Å². The molecule has 0 aliphatic heterocycles. The summed E-state index contributed by atoms with van der Waals surface area (Å²) < 4.78 is 30.9. The lowest BCUT2D eigenvalue weighted by atomic mass is 10.1. The highest BCUT2D eigenvalue weighted by atomic mass is 35.5. The molecular weight excluding hydrogens is 228 g/mol. The summed E-state index contributed by atoms with van der Waals surface area (Å²) in [5.74, 6) is -4.01. The summed E-state index contributed by atoms with van der Waals surface area (Å²) in [7, 11) is 0. The number of halogens is 3. The van der Waals surface area contributed by atoms with E-state index in [2.05, 4.69) is 9.72 Å². The maximum Gasteiger partial charge on any atom is 0.306 e. The van der Waals surface area contributed by atoms with Crippen LogP contribution in [-0.4, -0.2) is 17.6 Å². The molecule has 0 aliphatic carbocycles. The number of hydrogen-bond donors (Lipinski definition) is 0. The molecule has 0 aromatic carbocycles. The molecule has 1 rings (SSSR count). The highest BCUT2D eigenvalue weighted by molar-refractivity contribution is 6.29. The molecule has 0 spiro atoms. The Hall–Kier alpha value is -1.23. The topological polar surface area (TPSA) is 39.2 Å². The van der Waals surface area contributed by atoms with Crippen molar-refractivity contribution in [2.45, 2.75) is 12.8 Å². The van der Waals surface area contributed by atoms with Crippen molar-refractivity contribution in [3.05, 3.63) is 29.0 Å². The van der Waals surface area contributed by atoms with Gasteiger partial charge in [-0.1, -0.05) is 11.6 Å². The lowest BCUT2D eigenvalue weighted by Gasteiger charge is -2.15. The van der Waals surface area contributed by atoms with Gasteiger partial charge in [-0.05, 0) is 12.1 Å². The molecule has 0 N–H and O–H groups in total. The fourth-order valence-electron chi connectivity index (χ4n) is 0.906. The van der Waals surface area contributed by atoms with Crippen LogP contribution in [0.15, 0.2) is 18.3 Å². The predicted molar refractivity (Wildman–Crippen MR) is 49.8 cm³/mol. The highest BCUT2D eigenvalue weighted by Gasteiger charge is 2.33. The molecule has 6 heteroatoms. The molecule has 0 bridgehead atoms. The molecule has 0 saturated carbocycles. The molecule has 1 aromatic rings. The van der Waals surface area contributed by atoms with Gasteiger partial charge in [-0.25, -0.2) is 4.98 Å². The van der Waals surface area contributed by atoms with E-state index in [1.54, 1.807) is 0 Å². The molecule has 0 saturated heterocycles. The van der Waals surface area contributed by atoms with Gasteiger partial charge < -0.3 is 4.74 Å². The summed E-state index contributed by atoms with van der Waals surface area (Å²) in [5, 5.41) is -0.0324. The SMILES string of the molecule is CC(=O)OCC(F)(F)c1ccnc(Cl)c1. The van der Waals surface area contributed by atoms with E-state index in [9.17, 15) is 13.6 Å². The quantitative estimate of drug-likeness (QED) is 0.597.